The summed E-state index contributed by atoms with van der Waals surface area (Å²) in [7, 11) is -4.61. The Bertz CT molecular complexity index is 1370. The van der Waals surface area contributed by atoms with Crippen LogP contribution in [0.25, 0.3) is 0 Å². The number of rotatable bonds is 39. The number of hydrogen-bond donors (Lipinski definition) is 4. The average molecular weight is 897 g/mol. The maximum atomic E-state index is 12.8. The summed E-state index contributed by atoms with van der Waals surface area (Å²) >= 11 is 0. The van der Waals surface area contributed by atoms with Crippen LogP contribution in [0.15, 0.2) is 60.8 Å². The highest BCUT2D eigenvalue weighted by molar-refractivity contribution is 7.85. The summed E-state index contributed by atoms with van der Waals surface area (Å²) in [5, 5.41) is 30.9. The fraction of sp³-hybridized carbons (Fsp3) is 0.755. The Morgan fingerprint density at radius 2 is 0.984 bits per heavy atom. The maximum Gasteiger partial charge on any atom is 0.306 e. The number of carbonyl (C=O) groups excluding carboxylic acids is 2. The first kappa shape index (κ1) is 57.4. The van der Waals surface area contributed by atoms with Gasteiger partial charge >= 0.3 is 11.9 Å². The fourth-order valence-electron chi connectivity index (χ4n) is 6.84. The first-order chi connectivity index (χ1) is 30.0. The van der Waals surface area contributed by atoms with E-state index in [4.69, 9.17) is 18.9 Å². The van der Waals surface area contributed by atoms with Crippen molar-refractivity contribution >= 4 is 22.1 Å². The van der Waals surface area contributed by atoms with E-state index in [1.807, 2.05) is 12.2 Å². The Kier molecular flexibility index (Phi) is 35.9. The van der Waals surface area contributed by atoms with Gasteiger partial charge in [-0.25, -0.2) is 0 Å². The molecule has 12 nitrogen and oxygen atoms in total. The minimum absolute atomic E-state index is 0.141. The largest absolute Gasteiger partial charge is 0.462 e. The van der Waals surface area contributed by atoms with Gasteiger partial charge in [0, 0.05) is 12.8 Å². The number of aliphatic hydroxyl groups excluding tert-OH is 3. The Balaban J connectivity index is 2.47. The van der Waals surface area contributed by atoms with Gasteiger partial charge in [-0.15, -0.1) is 0 Å². The fourth-order valence-corrected chi connectivity index (χ4v) is 7.53. The van der Waals surface area contributed by atoms with Gasteiger partial charge in [0.05, 0.1) is 6.61 Å². The summed E-state index contributed by atoms with van der Waals surface area (Å²) in [6.07, 6.45) is 38.3. The first-order valence-corrected chi connectivity index (χ1v) is 25.5. The van der Waals surface area contributed by atoms with E-state index >= 15 is 0 Å². The van der Waals surface area contributed by atoms with E-state index in [0.29, 0.717) is 19.3 Å². The molecule has 0 radical (unpaired) electrons. The molecule has 1 aliphatic heterocycles. The molecule has 2 unspecified atom stereocenters. The van der Waals surface area contributed by atoms with Crippen LogP contribution in [-0.4, -0.2) is 96.0 Å². The second-order valence-corrected chi connectivity index (χ2v) is 17.9. The van der Waals surface area contributed by atoms with Crippen molar-refractivity contribution in [1.82, 2.24) is 0 Å². The number of unbranched alkanes of at least 4 members (excludes halogenated alkanes) is 17. The summed E-state index contributed by atoms with van der Waals surface area (Å²) < 4.78 is 54.1. The molecule has 6 atom stereocenters. The minimum atomic E-state index is -4.61. The van der Waals surface area contributed by atoms with Crippen LogP contribution in [0.3, 0.4) is 0 Å². The van der Waals surface area contributed by atoms with Gasteiger partial charge in [-0.1, -0.05) is 152 Å². The van der Waals surface area contributed by atoms with Gasteiger partial charge in [-0.2, -0.15) is 8.42 Å². The standard InChI is InChI=1S/C49H84O12S/c1-3-5-7-9-11-13-15-17-19-21-23-25-27-29-31-33-35-37-44(50)58-39-42(40-59-49-48(54)47(53)46(52)43(61-49)41-62(55,56)57)60-45(51)38-36-34-32-30-28-26-24-22-20-18-16-14-12-10-8-6-4-2/h11,13-14,16-17,19,23,25,29,31,42-43,46-49,52-54H,3-10,12,15,18,20-22,24,26-28,30,32-41H2,1-2H3,(H,55,56,57)/b13-11+,16-14+,19-17+,25-23+,31-29+/t42-,43-,46-,47?,48?,49+/m1/s1. The highest BCUT2D eigenvalue weighted by Crippen LogP contribution is 2.24. The van der Waals surface area contributed by atoms with Gasteiger partial charge in [0.25, 0.3) is 10.1 Å². The molecule has 0 saturated carbocycles. The van der Waals surface area contributed by atoms with E-state index in [9.17, 15) is 37.9 Å². The molecule has 0 aromatic carbocycles. The van der Waals surface area contributed by atoms with Crippen molar-refractivity contribution in [3.05, 3.63) is 60.8 Å². The van der Waals surface area contributed by atoms with Crippen LogP contribution in [0.2, 0.25) is 0 Å². The molecule has 0 amide bonds. The molecule has 0 bridgehead atoms. The zero-order chi connectivity index (χ0) is 45.5. The van der Waals surface area contributed by atoms with Gasteiger partial charge in [0.15, 0.2) is 12.4 Å². The Labute approximate surface area is 375 Å². The van der Waals surface area contributed by atoms with Crippen LogP contribution in [-0.2, 0) is 38.7 Å². The van der Waals surface area contributed by atoms with E-state index in [1.165, 1.54) is 77.0 Å². The van der Waals surface area contributed by atoms with Gasteiger partial charge in [-0.05, 0) is 77.0 Å². The number of hydrogen-bond acceptors (Lipinski definition) is 11. The number of aliphatic hydroxyl groups is 3. The van der Waals surface area contributed by atoms with Crippen LogP contribution in [0, 0.1) is 0 Å². The van der Waals surface area contributed by atoms with Crippen LogP contribution >= 0.6 is 0 Å². The lowest BCUT2D eigenvalue weighted by Crippen LogP contribution is -2.60. The molecule has 1 saturated heterocycles. The number of carbonyl (C=O) groups is 2. The summed E-state index contributed by atoms with van der Waals surface area (Å²) in [6.45, 7) is 3.67. The molecule has 13 heteroatoms. The van der Waals surface area contributed by atoms with Crippen molar-refractivity contribution < 1.29 is 56.8 Å². The van der Waals surface area contributed by atoms with E-state index < -0.39 is 71.2 Å². The Morgan fingerprint density at radius 1 is 0.548 bits per heavy atom. The van der Waals surface area contributed by atoms with Gasteiger partial charge < -0.3 is 34.3 Å². The van der Waals surface area contributed by atoms with Crippen molar-refractivity contribution in [3.8, 4) is 0 Å². The summed E-state index contributed by atoms with van der Waals surface area (Å²) in [6, 6.07) is 0. The number of allylic oxidation sites excluding steroid dienone is 10. The normalized spacial score (nSPS) is 20.4. The zero-order valence-electron chi connectivity index (χ0n) is 38.2. The zero-order valence-corrected chi connectivity index (χ0v) is 39.0. The molecule has 0 aromatic heterocycles. The smallest absolute Gasteiger partial charge is 0.306 e. The SMILES string of the molecule is CCCCC/C=C/C/C=C/C/C=C/C/C=C/CCCC(=O)OC[C@H](CO[C@H]1O[C@H](CS(=O)(=O)O)[C@@H](O)C(O)C1O)OC(=O)CCCCCCCCCCC/C=C/CCCCCC. The second-order valence-electron chi connectivity index (χ2n) is 16.4. The highest BCUT2D eigenvalue weighted by Gasteiger charge is 2.46. The molecule has 1 rings (SSSR count). The van der Waals surface area contributed by atoms with Gasteiger partial charge in [0.1, 0.15) is 36.8 Å². The number of esters is 2. The monoisotopic (exact) mass is 897 g/mol. The average Bonchev–Trinajstić information content (AvgIpc) is 3.24. The lowest BCUT2D eigenvalue weighted by atomic mass is 10.00. The van der Waals surface area contributed by atoms with Gasteiger partial charge in [0.2, 0.25) is 0 Å². The first-order valence-electron chi connectivity index (χ1n) is 23.8. The summed E-state index contributed by atoms with van der Waals surface area (Å²) in [4.78, 5) is 25.4. The molecule has 62 heavy (non-hydrogen) atoms. The van der Waals surface area contributed by atoms with Crippen LogP contribution in [0.4, 0.5) is 0 Å². The molecule has 0 aliphatic carbocycles. The van der Waals surface area contributed by atoms with Crippen molar-refractivity contribution in [2.45, 2.75) is 218 Å². The van der Waals surface area contributed by atoms with Crippen molar-refractivity contribution in [3.63, 3.8) is 0 Å². The molecule has 0 spiro atoms. The third kappa shape index (κ3) is 32.9. The van der Waals surface area contributed by atoms with Crippen LogP contribution in [0.1, 0.15) is 181 Å². The molecule has 358 valence electrons. The molecule has 4 N–H and O–H groups in total. The molecular formula is C49H84O12S. The topological polar surface area (TPSA) is 186 Å². The van der Waals surface area contributed by atoms with Crippen LogP contribution < -0.4 is 0 Å². The number of ether oxygens (including phenoxy) is 4. The minimum Gasteiger partial charge on any atom is -0.462 e. The molecule has 0 aromatic rings. The lowest BCUT2D eigenvalue weighted by molar-refractivity contribution is -0.297. The van der Waals surface area contributed by atoms with Crippen molar-refractivity contribution in [2.24, 2.45) is 0 Å². The molecule has 1 heterocycles. The van der Waals surface area contributed by atoms with E-state index in [2.05, 4.69) is 62.5 Å². The van der Waals surface area contributed by atoms with Crippen LogP contribution in [0.5, 0.6) is 0 Å². The third-order valence-corrected chi connectivity index (χ3v) is 11.3. The van der Waals surface area contributed by atoms with Gasteiger partial charge in [-0.3, -0.25) is 14.1 Å². The third-order valence-electron chi connectivity index (χ3n) is 10.6. The molecular weight excluding hydrogens is 813 g/mol. The maximum absolute atomic E-state index is 12.8. The predicted octanol–water partition coefficient (Wildman–Crippen LogP) is 10.1. The van der Waals surface area contributed by atoms with Crippen molar-refractivity contribution in [2.75, 3.05) is 19.0 Å². The van der Waals surface area contributed by atoms with Crippen molar-refractivity contribution in [1.29, 1.82) is 0 Å². The predicted molar refractivity (Wildman–Crippen MR) is 247 cm³/mol. The van der Waals surface area contributed by atoms with E-state index in [1.54, 1.807) is 0 Å². The second kappa shape index (κ2) is 38.8. The highest BCUT2D eigenvalue weighted by atomic mass is 32.2. The summed E-state index contributed by atoms with van der Waals surface area (Å²) in [5.74, 6) is -2.06. The molecule has 1 fully saturated rings. The quantitative estimate of drug-likeness (QED) is 0.0198. The lowest BCUT2D eigenvalue weighted by Gasteiger charge is -2.40. The van der Waals surface area contributed by atoms with E-state index in [-0.39, 0.29) is 19.4 Å². The van der Waals surface area contributed by atoms with E-state index in [0.717, 1.165) is 57.8 Å². The Hall–Kier alpha value is -2.65. The summed E-state index contributed by atoms with van der Waals surface area (Å²) in [5.41, 5.74) is 0. The molecule has 1 aliphatic rings. The Morgan fingerprint density at radius 3 is 1.53 bits per heavy atom.